The van der Waals surface area contributed by atoms with Crippen LogP contribution in [0.4, 0.5) is 0 Å². The monoisotopic (exact) mass is 413 g/mol. The molecule has 6 aliphatic rings. The molecule has 0 aromatic carbocycles. The molecule has 0 amide bonds. The van der Waals surface area contributed by atoms with Gasteiger partial charge in [-0.05, 0) is 98.2 Å². The molecule has 3 saturated carbocycles. The lowest BCUT2D eigenvalue weighted by Gasteiger charge is -2.58. The molecule has 0 aromatic rings. The van der Waals surface area contributed by atoms with Crippen molar-refractivity contribution >= 4 is 0 Å². The maximum atomic E-state index is 10.3. The van der Waals surface area contributed by atoms with Crippen molar-refractivity contribution in [3.63, 3.8) is 0 Å². The van der Waals surface area contributed by atoms with Crippen molar-refractivity contribution in [3.8, 4) is 0 Å². The van der Waals surface area contributed by atoms with Crippen LogP contribution < -0.4 is 5.32 Å². The predicted octanol–water partition coefficient (Wildman–Crippen LogP) is 5.29. The van der Waals surface area contributed by atoms with Gasteiger partial charge in [-0.25, -0.2) is 0 Å². The van der Waals surface area contributed by atoms with Gasteiger partial charge in [-0.1, -0.05) is 39.3 Å². The van der Waals surface area contributed by atoms with Crippen LogP contribution in [0.15, 0.2) is 11.6 Å². The van der Waals surface area contributed by atoms with Crippen molar-refractivity contribution in [2.45, 2.75) is 103 Å². The second-order valence-corrected chi connectivity index (χ2v) is 12.8. The van der Waals surface area contributed by atoms with Crippen molar-refractivity contribution in [1.82, 2.24) is 5.32 Å². The molecule has 2 saturated heterocycles. The first kappa shape index (κ1) is 20.2. The Morgan fingerprint density at radius 3 is 2.67 bits per heavy atom. The smallest absolute Gasteiger partial charge is 0.122 e. The van der Waals surface area contributed by atoms with Gasteiger partial charge in [0.2, 0.25) is 0 Å². The molecule has 168 valence electrons. The largest absolute Gasteiger partial charge is 0.393 e. The van der Waals surface area contributed by atoms with Gasteiger partial charge in [0.15, 0.2) is 0 Å². The van der Waals surface area contributed by atoms with Crippen molar-refractivity contribution < 1.29 is 9.84 Å². The zero-order valence-electron chi connectivity index (χ0n) is 19.6. The van der Waals surface area contributed by atoms with Crippen molar-refractivity contribution in [2.24, 2.45) is 46.3 Å². The standard InChI is InChI=1S/C27H43NO2/c1-16-7-12-27(28-15-16)17(2)24-23(30-27)14-22-20-6-5-18-13-19(29)8-10-25(18,3)21(20)9-11-26(22,24)4/h5,16-17,19-24,28-29H,6-15H2,1-4H3/t16-,17-,19+,20+,21-,22-,23-,24-,25+,26+,27-/m1/s1. The Morgan fingerprint density at radius 1 is 1.07 bits per heavy atom. The number of aliphatic hydroxyl groups excluding tert-OH is 1. The van der Waals surface area contributed by atoms with Crippen LogP contribution in [0.25, 0.3) is 0 Å². The van der Waals surface area contributed by atoms with E-state index >= 15 is 0 Å². The average molecular weight is 414 g/mol. The van der Waals surface area contributed by atoms with Gasteiger partial charge >= 0.3 is 0 Å². The number of piperidine rings is 1. The topological polar surface area (TPSA) is 41.5 Å². The summed E-state index contributed by atoms with van der Waals surface area (Å²) in [7, 11) is 0. The van der Waals surface area contributed by atoms with Crippen molar-refractivity contribution in [1.29, 1.82) is 0 Å². The van der Waals surface area contributed by atoms with E-state index in [2.05, 4.69) is 39.1 Å². The summed E-state index contributed by atoms with van der Waals surface area (Å²) >= 11 is 0. The summed E-state index contributed by atoms with van der Waals surface area (Å²) in [5, 5.41) is 14.1. The fourth-order valence-electron chi connectivity index (χ4n) is 9.84. The summed E-state index contributed by atoms with van der Waals surface area (Å²) in [6.07, 6.45) is 13.8. The minimum Gasteiger partial charge on any atom is -0.393 e. The maximum absolute atomic E-state index is 10.3. The molecule has 5 fully saturated rings. The van der Waals surface area contributed by atoms with Crippen molar-refractivity contribution in [2.75, 3.05) is 6.54 Å². The Bertz CT molecular complexity index is 739. The molecule has 2 heterocycles. The number of hydrogen-bond acceptors (Lipinski definition) is 3. The summed E-state index contributed by atoms with van der Waals surface area (Å²) in [5.41, 5.74) is 2.33. The van der Waals surface area contributed by atoms with Crippen LogP contribution in [0.5, 0.6) is 0 Å². The predicted molar refractivity (Wildman–Crippen MR) is 120 cm³/mol. The number of hydrogen-bond donors (Lipinski definition) is 2. The molecular weight excluding hydrogens is 370 g/mol. The summed E-state index contributed by atoms with van der Waals surface area (Å²) in [5.74, 6) is 4.58. The van der Waals surface area contributed by atoms with Crippen LogP contribution in [0.1, 0.15) is 85.5 Å². The van der Waals surface area contributed by atoms with E-state index in [9.17, 15) is 5.11 Å². The quantitative estimate of drug-likeness (QED) is 0.530. The Hall–Kier alpha value is -0.380. The molecule has 3 heteroatoms. The van der Waals surface area contributed by atoms with Gasteiger partial charge < -0.3 is 9.84 Å². The number of ether oxygens (including phenoxy) is 1. The van der Waals surface area contributed by atoms with E-state index in [4.69, 9.17) is 4.74 Å². The van der Waals surface area contributed by atoms with E-state index in [0.29, 0.717) is 22.9 Å². The van der Waals surface area contributed by atoms with Gasteiger partial charge in [-0.15, -0.1) is 0 Å². The molecule has 0 unspecified atom stereocenters. The average Bonchev–Trinajstić information content (AvgIpc) is 3.16. The lowest BCUT2D eigenvalue weighted by Crippen LogP contribution is -2.57. The number of rotatable bonds is 0. The van der Waals surface area contributed by atoms with Gasteiger partial charge in [0.25, 0.3) is 0 Å². The Kier molecular flexibility index (Phi) is 4.44. The van der Waals surface area contributed by atoms with Crippen LogP contribution in [0, 0.1) is 46.3 Å². The highest BCUT2D eigenvalue weighted by Gasteiger charge is 2.68. The van der Waals surface area contributed by atoms with E-state index in [1.165, 1.54) is 44.9 Å². The molecule has 11 atom stereocenters. The molecule has 1 spiro atoms. The van der Waals surface area contributed by atoms with Gasteiger partial charge in [0.1, 0.15) is 5.72 Å². The summed E-state index contributed by atoms with van der Waals surface area (Å²) in [6.45, 7) is 11.2. The molecule has 0 radical (unpaired) electrons. The Labute approximate surface area is 183 Å². The Morgan fingerprint density at radius 2 is 1.90 bits per heavy atom. The molecule has 2 aliphatic heterocycles. The number of nitrogens with one attached hydrogen (secondary N) is 1. The normalized spacial score (nSPS) is 59.8. The second-order valence-electron chi connectivity index (χ2n) is 12.8. The van der Waals surface area contributed by atoms with Gasteiger partial charge in [-0.3, -0.25) is 5.32 Å². The highest BCUT2D eigenvalue weighted by Crippen LogP contribution is 2.70. The first-order valence-electron chi connectivity index (χ1n) is 13.1. The maximum Gasteiger partial charge on any atom is 0.122 e. The second kappa shape index (κ2) is 6.58. The van der Waals surface area contributed by atoms with E-state index < -0.39 is 0 Å². The third-order valence-electron chi connectivity index (χ3n) is 11.6. The van der Waals surface area contributed by atoms with E-state index in [1.54, 1.807) is 5.57 Å². The van der Waals surface area contributed by atoms with Crippen LogP contribution in [0.3, 0.4) is 0 Å². The molecule has 3 nitrogen and oxygen atoms in total. The molecule has 0 aromatic heterocycles. The summed E-state index contributed by atoms with van der Waals surface area (Å²) < 4.78 is 7.00. The van der Waals surface area contributed by atoms with E-state index in [0.717, 1.165) is 49.0 Å². The third-order valence-corrected chi connectivity index (χ3v) is 11.6. The minimum absolute atomic E-state index is 0.0439. The fraction of sp³-hybridized carbons (Fsp3) is 0.926. The highest BCUT2D eigenvalue weighted by molar-refractivity contribution is 5.26. The van der Waals surface area contributed by atoms with Crippen molar-refractivity contribution in [3.05, 3.63) is 11.6 Å². The number of aliphatic hydroxyl groups is 1. The Balaban J connectivity index is 1.28. The zero-order chi connectivity index (χ0) is 20.9. The molecular formula is C27H43NO2. The van der Waals surface area contributed by atoms with E-state index in [-0.39, 0.29) is 11.8 Å². The summed E-state index contributed by atoms with van der Waals surface area (Å²) in [6, 6.07) is 0. The van der Waals surface area contributed by atoms with E-state index in [1.807, 2.05) is 0 Å². The summed E-state index contributed by atoms with van der Waals surface area (Å²) in [4.78, 5) is 0. The molecule has 2 N–H and O–H groups in total. The van der Waals surface area contributed by atoms with Crippen LogP contribution >= 0.6 is 0 Å². The highest BCUT2D eigenvalue weighted by atomic mass is 16.5. The first-order valence-corrected chi connectivity index (χ1v) is 13.1. The van der Waals surface area contributed by atoms with Crippen LogP contribution in [-0.4, -0.2) is 29.6 Å². The molecule has 4 aliphatic carbocycles. The molecule has 0 bridgehead atoms. The zero-order valence-corrected chi connectivity index (χ0v) is 19.6. The van der Waals surface area contributed by atoms with Crippen LogP contribution in [0.2, 0.25) is 0 Å². The lowest BCUT2D eigenvalue weighted by atomic mass is 9.47. The SMILES string of the molecule is C[C@@H]1CC[C@@]2(NC1)O[C@@H]1C[C@@H]3[C@H]4CC=C5C[C@@H](O)CC[C@]5(C)[C@@H]4CC[C@]3(C)[C@@H]1[C@H]2C. The fourth-order valence-corrected chi connectivity index (χ4v) is 9.84. The minimum atomic E-state index is -0.100. The van der Waals surface area contributed by atoms with Gasteiger partial charge in [0, 0.05) is 12.5 Å². The first-order chi connectivity index (χ1) is 14.3. The number of fused-ring (bicyclic) bond motifs is 7. The lowest BCUT2D eigenvalue weighted by molar-refractivity contribution is -0.115. The van der Waals surface area contributed by atoms with Gasteiger partial charge in [-0.2, -0.15) is 0 Å². The van der Waals surface area contributed by atoms with Crippen LogP contribution in [-0.2, 0) is 4.74 Å². The third kappa shape index (κ3) is 2.55. The van der Waals surface area contributed by atoms with Gasteiger partial charge in [0.05, 0.1) is 12.2 Å². The molecule has 30 heavy (non-hydrogen) atoms. The number of allylic oxidation sites excluding steroid dienone is 1. The molecule has 6 rings (SSSR count).